The van der Waals surface area contributed by atoms with Crippen molar-refractivity contribution < 1.29 is 4.39 Å². The van der Waals surface area contributed by atoms with E-state index < -0.39 is 3.68 Å². The van der Waals surface area contributed by atoms with E-state index in [1.54, 1.807) is 13.1 Å². The lowest BCUT2D eigenvalue weighted by atomic mass is 10.0. The Morgan fingerprint density at radius 3 is 2.73 bits per heavy atom. The van der Waals surface area contributed by atoms with Gasteiger partial charge < -0.3 is 5.32 Å². The molecule has 2 aromatic heterocycles. The van der Waals surface area contributed by atoms with E-state index in [1.165, 1.54) is 0 Å². The van der Waals surface area contributed by atoms with Gasteiger partial charge in [0.1, 0.15) is 11.6 Å². The second-order valence-corrected chi connectivity index (χ2v) is 10.4. The molecule has 1 aliphatic rings. The molecule has 0 saturated carbocycles. The maximum absolute atomic E-state index is 14.6. The molecule has 3 aromatic rings. The molecule has 1 N–H and O–H groups in total. The highest BCUT2D eigenvalue weighted by Gasteiger charge is 2.24. The van der Waals surface area contributed by atoms with Crippen molar-refractivity contribution in [2.24, 2.45) is 0 Å². The first-order valence-electron chi connectivity index (χ1n) is 10.1. The van der Waals surface area contributed by atoms with Gasteiger partial charge in [0.15, 0.2) is 9.32 Å². The fraction of sp³-hybridized carbons (Fsp3) is 0.409. The quantitative estimate of drug-likeness (QED) is 0.335. The van der Waals surface area contributed by atoms with Gasteiger partial charge in [-0.3, -0.25) is 4.90 Å². The van der Waals surface area contributed by atoms with Gasteiger partial charge in [0.2, 0.25) is 0 Å². The third-order valence-electron chi connectivity index (χ3n) is 5.34. The van der Waals surface area contributed by atoms with Crippen LogP contribution in [0.4, 0.5) is 10.2 Å². The second-order valence-electron chi connectivity index (χ2n) is 7.71. The standard InChI is InChI=1S/C22H24ClFIN5/c1-22(24,25)18-7-3-2-5-15(18)13-27-21-17-6-4-10-26-20(17)28-19(29-21)14-30-11-8-16(23)9-12-30/h2-7,10,16H,8-9,11-14H2,1H3,(H,26,27,28,29). The zero-order valence-corrected chi connectivity index (χ0v) is 19.7. The van der Waals surface area contributed by atoms with Crippen molar-refractivity contribution in [2.45, 2.75) is 41.9 Å². The largest absolute Gasteiger partial charge is 0.365 e. The van der Waals surface area contributed by atoms with Crippen LogP contribution in [0.3, 0.4) is 0 Å². The van der Waals surface area contributed by atoms with Gasteiger partial charge in [-0.25, -0.2) is 19.3 Å². The summed E-state index contributed by atoms with van der Waals surface area (Å²) < 4.78 is 13.2. The number of likely N-dealkylation sites (tertiary alicyclic amines) is 1. The molecule has 5 nitrogen and oxygen atoms in total. The number of fused-ring (bicyclic) bond motifs is 1. The molecular formula is C22H24ClFIN5. The number of hydrogen-bond donors (Lipinski definition) is 1. The highest BCUT2D eigenvalue weighted by atomic mass is 127. The summed E-state index contributed by atoms with van der Waals surface area (Å²) in [5, 5.41) is 4.52. The molecule has 4 rings (SSSR count). The van der Waals surface area contributed by atoms with Crippen molar-refractivity contribution in [1.29, 1.82) is 0 Å². The Balaban J connectivity index is 1.59. The number of alkyl halides is 3. The number of anilines is 1. The molecule has 0 radical (unpaired) electrons. The van der Waals surface area contributed by atoms with Crippen molar-refractivity contribution in [1.82, 2.24) is 19.9 Å². The first kappa shape index (κ1) is 21.6. The molecular weight excluding hydrogens is 516 g/mol. The number of nitrogens with one attached hydrogen (secondary N) is 1. The van der Waals surface area contributed by atoms with E-state index in [0.29, 0.717) is 24.3 Å². The molecule has 1 unspecified atom stereocenters. The van der Waals surface area contributed by atoms with Crippen molar-refractivity contribution in [3.63, 3.8) is 0 Å². The van der Waals surface area contributed by atoms with E-state index in [4.69, 9.17) is 16.6 Å². The van der Waals surface area contributed by atoms with Gasteiger partial charge in [0.25, 0.3) is 0 Å². The summed E-state index contributed by atoms with van der Waals surface area (Å²) in [6, 6.07) is 11.4. The predicted octanol–water partition coefficient (Wildman–Crippen LogP) is 5.42. The molecule has 0 aliphatic carbocycles. The zero-order valence-electron chi connectivity index (χ0n) is 16.8. The summed E-state index contributed by atoms with van der Waals surface area (Å²) in [6.45, 7) is 4.59. The smallest absolute Gasteiger partial charge is 0.183 e. The molecule has 3 heterocycles. The molecule has 1 saturated heterocycles. The fourth-order valence-corrected chi connectivity index (χ4v) is 4.48. The minimum absolute atomic E-state index is 0.261. The van der Waals surface area contributed by atoms with E-state index in [9.17, 15) is 4.39 Å². The molecule has 30 heavy (non-hydrogen) atoms. The lowest BCUT2D eigenvalue weighted by Crippen LogP contribution is -2.34. The number of nitrogens with zero attached hydrogens (tertiary/aromatic N) is 4. The second kappa shape index (κ2) is 9.28. The van der Waals surface area contributed by atoms with E-state index in [-0.39, 0.29) is 5.38 Å². The van der Waals surface area contributed by atoms with Gasteiger partial charge in [0.05, 0.1) is 11.9 Å². The van der Waals surface area contributed by atoms with Gasteiger partial charge in [-0.15, -0.1) is 11.6 Å². The number of aromatic nitrogens is 3. The fourth-order valence-electron chi connectivity index (χ4n) is 3.75. The molecule has 8 heteroatoms. The van der Waals surface area contributed by atoms with E-state index >= 15 is 0 Å². The van der Waals surface area contributed by atoms with Crippen LogP contribution < -0.4 is 5.32 Å². The minimum atomic E-state index is -1.44. The minimum Gasteiger partial charge on any atom is -0.365 e. The van der Waals surface area contributed by atoms with Gasteiger partial charge >= 0.3 is 0 Å². The van der Waals surface area contributed by atoms with Crippen LogP contribution in [0.2, 0.25) is 0 Å². The number of piperidine rings is 1. The Hall–Kier alpha value is -1.58. The van der Waals surface area contributed by atoms with Crippen LogP contribution in [0, 0.1) is 0 Å². The third-order valence-corrected chi connectivity index (χ3v) is 6.35. The van der Waals surface area contributed by atoms with E-state index in [0.717, 1.165) is 48.5 Å². The predicted molar refractivity (Wildman–Crippen MR) is 128 cm³/mol. The molecule has 1 aliphatic heterocycles. The number of benzene rings is 1. The highest BCUT2D eigenvalue weighted by molar-refractivity contribution is 14.1. The van der Waals surface area contributed by atoms with E-state index in [2.05, 4.69) is 20.2 Å². The molecule has 0 bridgehead atoms. The van der Waals surface area contributed by atoms with Crippen LogP contribution in [0.25, 0.3) is 11.0 Å². The van der Waals surface area contributed by atoms with Crippen LogP contribution >= 0.6 is 34.2 Å². The number of halogens is 3. The molecule has 1 atom stereocenters. The summed E-state index contributed by atoms with van der Waals surface area (Å²) >= 11 is 8.06. The Kier molecular flexibility index (Phi) is 6.69. The van der Waals surface area contributed by atoms with Crippen LogP contribution in [0.15, 0.2) is 42.6 Å². The van der Waals surface area contributed by atoms with Gasteiger partial charge in [-0.05, 0) is 60.1 Å². The summed E-state index contributed by atoms with van der Waals surface area (Å²) in [5.74, 6) is 1.45. The SMILES string of the molecule is CC(F)(I)c1ccccc1CNc1nc(CN2CCC(Cl)CC2)nc2ncccc12. The molecule has 0 amide bonds. The Bertz CT molecular complexity index is 1020. The van der Waals surface area contributed by atoms with Crippen LogP contribution in [0.1, 0.15) is 36.7 Å². The summed E-state index contributed by atoms with van der Waals surface area (Å²) in [5.41, 5.74) is 2.23. The normalized spacial score (nSPS) is 17.7. The monoisotopic (exact) mass is 539 g/mol. The molecule has 1 aromatic carbocycles. The van der Waals surface area contributed by atoms with Crippen LogP contribution in [-0.2, 0) is 16.8 Å². The van der Waals surface area contributed by atoms with Crippen molar-refractivity contribution in [2.75, 3.05) is 18.4 Å². The van der Waals surface area contributed by atoms with Crippen LogP contribution in [-0.4, -0.2) is 38.3 Å². The summed E-state index contributed by atoms with van der Waals surface area (Å²) in [4.78, 5) is 16.2. The molecule has 158 valence electrons. The molecule has 0 spiro atoms. The Morgan fingerprint density at radius 2 is 1.97 bits per heavy atom. The first-order chi connectivity index (χ1) is 14.4. The highest BCUT2D eigenvalue weighted by Crippen LogP contribution is 2.35. The average Bonchev–Trinajstić information content (AvgIpc) is 2.73. The zero-order chi connectivity index (χ0) is 21.1. The third kappa shape index (κ3) is 5.18. The number of rotatable bonds is 6. The van der Waals surface area contributed by atoms with Crippen molar-refractivity contribution >= 4 is 51.0 Å². The molecule has 1 fully saturated rings. The van der Waals surface area contributed by atoms with Gasteiger partial charge in [-0.2, -0.15) is 0 Å². The summed E-state index contributed by atoms with van der Waals surface area (Å²) in [7, 11) is 0. The Morgan fingerprint density at radius 1 is 1.20 bits per heavy atom. The summed E-state index contributed by atoms with van der Waals surface area (Å²) in [6.07, 6.45) is 3.70. The van der Waals surface area contributed by atoms with Crippen molar-refractivity contribution in [3.8, 4) is 0 Å². The van der Waals surface area contributed by atoms with Gasteiger partial charge in [0, 0.05) is 36.8 Å². The van der Waals surface area contributed by atoms with Gasteiger partial charge in [-0.1, -0.05) is 24.3 Å². The Labute approximate surface area is 194 Å². The first-order valence-corrected chi connectivity index (χ1v) is 11.6. The number of pyridine rings is 1. The number of hydrogen-bond acceptors (Lipinski definition) is 5. The van der Waals surface area contributed by atoms with Crippen LogP contribution in [0.5, 0.6) is 0 Å². The average molecular weight is 540 g/mol. The topological polar surface area (TPSA) is 53.9 Å². The van der Waals surface area contributed by atoms with E-state index in [1.807, 2.05) is 59.0 Å². The maximum Gasteiger partial charge on any atom is 0.183 e. The van der Waals surface area contributed by atoms with Crippen molar-refractivity contribution in [3.05, 3.63) is 59.5 Å². The lowest BCUT2D eigenvalue weighted by Gasteiger charge is -2.28. The maximum atomic E-state index is 14.6. The lowest BCUT2D eigenvalue weighted by molar-refractivity contribution is 0.218.